The summed E-state index contributed by atoms with van der Waals surface area (Å²) in [5.41, 5.74) is -0.995. The van der Waals surface area contributed by atoms with Gasteiger partial charge in [0.15, 0.2) is 0 Å². The minimum absolute atomic E-state index is 0.00225. The monoisotopic (exact) mass is 251 g/mol. The summed E-state index contributed by atoms with van der Waals surface area (Å²) in [7, 11) is 0. The lowest BCUT2D eigenvalue weighted by Gasteiger charge is -2.23. The van der Waals surface area contributed by atoms with Crippen LogP contribution < -0.4 is 5.32 Å². The Morgan fingerprint density at radius 3 is 2.28 bits per heavy atom. The third-order valence-electron chi connectivity index (χ3n) is 3.71. The number of carbonyl (C=O) groups is 2. The van der Waals surface area contributed by atoms with Crippen LogP contribution in [0.3, 0.4) is 0 Å². The maximum Gasteiger partial charge on any atom is 0.241 e. The van der Waals surface area contributed by atoms with Gasteiger partial charge in [0, 0.05) is 13.1 Å². The summed E-state index contributed by atoms with van der Waals surface area (Å²) in [6, 6.07) is 2.07. The maximum absolute atomic E-state index is 12.0. The van der Waals surface area contributed by atoms with Crippen LogP contribution in [0.1, 0.15) is 39.5 Å². The quantitative estimate of drug-likeness (QED) is 0.794. The first-order chi connectivity index (χ1) is 8.59. The van der Waals surface area contributed by atoms with E-state index in [1.165, 1.54) is 0 Å². The first-order valence-corrected chi connectivity index (χ1v) is 6.57. The Balaban J connectivity index is 2.49. The zero-order chi connectivity index (χ0) is 13.6. The smallest absolute Gasteiger partial charge is 0.241 e. The van der Waals surface area contributed by atoms with Crippen LogP contribution in [0.5, 0.6) is 0 Å². The molecule has 0 atom stereocenters. The summed E-state index contributed by atoms with van der Waals surface area (Å²) in [6.45, 7) is 5.19. The fourth-order valence-electron chi connectivity index (χ4n) is 2.18. The van der Waals surface area contributed by atoms with E-state index >= 15 is 0 Å². The van der Waals surface area contributed by atoms with Crippen molar-refractivity contribution in [3.05, 3.63) is 0 Å². The lowest BCUT2D eigenvalue weighted by Crippen LogP contribution is -2.44. The van der Waals surface area contributed by atoms with Crippen molar-refractivity contribution in [3.8, 4) is 6.07 Å². The third-order valence-corrected chi connectivity index (χ3v) is 3.71. The number of rotatable bonds is 5. The van der Waals surface area contributed by atoms with Gasteiger partial charge in [-0.2, -0.15) is 5.26 Å². The van der Waals surface area contributed by atoms with E-state index in [1.54, 1.807) is 4.90 Å². The van der Waals surface area contributed by atoms with E-state index in [1.807, 2.05) is 13.8 Å². The predicted octanol–water partition coefficient (Wildman–Crippen LogP) is 1.05. The van der Waals surface area contributed by atoms with E-state index < -0.39 is 5.41 Å². The van der Waals surface area contributed by atoms with E-state index in [-0.39, 0.29) is 18.4 Å². The first-order valence-electron chi connectivity index (χ1n) is 6.57. The highest BCUT2D eigenvalue weighted by molar-refractivity contribution is 5.89. The highest BCUT2D eigenvalue weighted by Crippen LogP contribution is 2.25. The predicted molar refractivity (Wildman–Crippen MR) is 67.5 cm³/mol. The summed E-state index contributed by atoms with van der Waals surface area (Å²) in [4.78, 5) is 25.5. The molecule has 2 amide bonds. The minimum atomic E-state index is -0.995. The van der Waals surface area contributed by atoms with Gasteiger partial charge in [0.1, 0.15) is 5.41 Å². The maximum atomic E-state index is 12.0. The molecule has 18 heavy (non-hydrogen) atoms. The Morgan fingerprint density at radius 1 is 1.28 bits per heavy atom. The summed E-state index contributed by atoms with van der Waals surface area (Å²) in [5, 5.41) is 11.7. The Bertz CT molecular complexity index is 350. The lowest BCUT2D eigenvalue weighted by molar-refractivity contribution is -0.134. The van der Waals surface area contributed by atoms with Crippen LogP contribution in [0.15, 0.2) is 0 Å². The van der Waals surface area contributed by atoms with E-state index in [0.29, 0.717) is 12.8 Å². The van der Waals surface area contributed by atoms with Crippen LogP contribution in [0, 0.1) is 16.7 Å². The Labute approximate surface area is 108 Å². The van der Waals surface area contributed by atoms with Crippen molar-refractivity contribution >= 4 is 11.8 Å². The van der Waals surface area contributed by atoms with Crippen molar-refractivity contribution < 1.29 is 9.59 Å². The molecular formula is C13H21N3O2. The van der Waals surface area contributed by atoms with Crippen LogP contribution in [-0.4, -0.2) is 36.3 Å². The van der Waals surface area contributed by atoms with Gasteiger partial charge in [-0.25, -0.2) is 0 Å². The third kappa shape index (κ3) is 3.00. The van der Waals surface area contributed by atoms with Crippen LogP contribution >= 0.6 is 0 Å². The molecule has 0 saturated carbocycles. The Kier molecular flexibility index (Phi) is 5.14. The minimum Gasteiger partial charge on any atom is -0.346 e. The molecule has 1 aliphatic heterocycles. The van der Waals surface area contributed by atoms with Gasteiger partial charge in [0.2, 0.25) is 11.8 Å². The van der Waals surface area contributed by atoms with E-state index in [0.717, 1.165) is 25.9 Å². The molecular weight excluding hydrogens is 230 g/mol. The molecule has 100 valence electrons. The number of hydrogen-bond donors (Lipinski definition) is 1. The summed E-state index contributed by atoms with van der Waals surface area (Å²) >= 11 is 0. The van der Waals surface area contributed by atoms with E-state index in [9.17, 15) is 9.59 Å². The van der Waals surface area contributed by atoms with Crippen molar-refractivity contribution in [3.63, 3.8) is 0 Å². The summed E-state index contributed by atoms with van der Waals surface area (Å²) in [5.74, 6) is -0.387. The number of likely N-dealkylation sites (tertiary alicyclic amines) is 1. The second-order valence-electron chi connectivity index (χ2n) is 4.67. The van der Waals surface area contributed by atoms with Crippen molar-refractivity contribution in [2.75, 3.05) is 19.6 Å². The molecule has 1 heterocycles. The van der Waals surface area contributed by atoms with Gasteiger partial charge in [-0.3, -0.25) is 9.59 Å². The fraction of sp³-hybridized carbons (Fsp3) is 0.769. The average Bonchev–Trinajstić information content (AvgIpc) is 2.92. The standard InChI is InChI=1S/C13H21N3O2/c1-3-13(4-2,10-14)12(18)15-9-11(17)16-7-5-6-8-16/h3-9H2,1-2H3,(H,15,18). The highest BCUT2D eigenvalue weighted by atomic mass is 16.2. The molecule has 0 unspecified atom stereocenters. The molecule has 0 aromatic rings. The molecule has 1 saturated heterocycles. The molecule has 0 aliphatic carbocycles. The van der Waals surface area contributed by atoms with Gasteiger partial charge < -0.3 is 10.2 Å². The van der Waals surface area contributed by atoms with E-state index in [4.69, 9.17) is 5.26 Å². The molecule has 1 aliphatic rings. The van der Waals surface area contributed by atoms with Gasteiger partial charge in [-0.1, -0.05) is 13.8 Å². The van der Waals surface area contributed by atoms with Gasteiger partial charge >= 0.3 is 0 Å². The average molecular weight is 251 g/mol. The zero-order valence-electron chi connectivity index (χ0n) is 11.2. The second kappa shape index (κ2) is 6.39. The van der Waals surface area contributed by atoms with Gasteiger partial charge in [-0.05, 0) is 25.7 Å². The van der Waals surface area contributed by atoms with Gasteiger partial charge in [-0.15, -0.1) is 0 Å². The normalized spacial score (nSPS) is 15.3. The number of nitrogens with one attached hydrogen (secondary N) is 1. The fourth-order valence-corrected chi connectivity index (χ4v) is 2.18. The Morgan fingerprint density at radius 2 is 1.83 bits per heavy atom. The molecule has 5 heteroatoms. The molecule has 1 rings (SSSR count). The molecule has 0 aromatic carbocycles. The largest absolute Gasteiger partial charge is 0.346 e. The van der Waals surface area contributed by atoms with Gasteiger partial charge in [0.25, 0.3) is 0 Å². The SMILES string of the molecule is CCC(C#N)(CC)C(=O)NCC(=O)N1CCCC1. The van der Waals surface area contributed by atoms with Crippen molar-refractivity contribution in [2.24, 2.45) is 5.41 Å². The van der Waals surface area contributed by atoms with Crippen molar-refractivity contribution in [1.29, 1.82) is 5.26 Å². The number of nitrogens with zero attached hydrogens (tertiary/aromatic N) is 2. The number of hydrogen-bond acceptors (Lipinski definition) is 3. The number of nitriles is 1. The van der Waals surface area contributed by atoms with Crippen molar-refractivity contribution in [2.45, 2.75) is 39.5 Å². The molecule has 0 bridgehead atoms. The van der Waals surface area contributed by atoms with Crippen LogP contribution in [0.4, 0.5) is 0 Å². The molecule has 0 radical (unpaired) electrons. The van der Waals surface area contributed by atoms with E-state index in [2.05, 4.69) is 11.4 Å². The first kappa shape index (κ1) is 14.5. The van der Waals surface area contributed by atoms with Crippen LogP contribution in [-0.2, 0) is 9.59 Å². The molecule has 0 aromatic heterocycles. The van der Waals surface area contributed by atoms with Crippen molar-refractivity contribution in [1.82, 2.24) is 10.2 Å². The summed E-state index contributed by atoms with van der Waals surface area (Å²) < 4.78 is 0. The second-order valence-corrected chi connectivity index (χ2v) is 4.67. The van der Waals surface area contributed by atoms with Crippen LogP contribution in [0.2, 0.25) is 0 Å². The topological polar surface area (TPSA) is 73.2 Å². The number of amides is 2. The van der Waals surface area contributed by atoms with Gasteiger partial charge in [0.05, 0.1) is 12.6 Å². The molecule has 1 N–H and O–H groups in total. The van der Waals surface area contributed by atoms with Crippen LogP contribution in [0.25, 0.3) is 0 Å². The highest BCUT2D eigenvalue weighted by Gasteiger charge is 2.35. The number of carbonyl (C=O) groups excluding carboxylic acids is 2. The summed E-state index contributed by atoms with van der Waals surface area (Å²) in [6.07, 6.45) is 2.99. The molecule has 0 spiro atoms. The molecule has 5 nitrogen and oxygen atoms in total. The lowest BCUT2D eigenvalue weighted by atomic mass is 9.83. The zero-order valence-corrected chi connectivity index (χ0v) is 11.2. The molecule has 1 fully saturated rings. The Hall–Kier alpha value is -1.57.